The number of hydrogen-bond acceptors (Lipinski definition) is 14. The van der Waals surface area contributed by atoms with Gasteiger partial charge in [0.05, 0.1) is 26.4 Å². The van der Waals surface area contributed by atoms with Gasteiger partial charge in [0, 0.05) is 19.3 Å². The van der Waals surface area contributed by atoms with Crippen LogP contribution in [0.25, 0.3) is 0 Å². The fourth-order valence-corrected chi connectivity index (χ4v) is 11.8. The second-order valence-electron chi connectivity index (χ2n) is 25.8. The highest BCUT2D eigenvalue weighted by atomic mass is 31.2. The summed E-state index contributed by atoms with van der Waals surface area (Å²) in [6.45, 7) is 2.45. The van der Waals surface area contributed by atoms with Crippen LogP contribution in [0.4, 0.5) is 0 Å². The summed E-state index contributed by atoms with van der Waals surface area (Å²) in [6.07, 6.45) is 87.1. The molecule has 0 fully saturated rings. The van der Waals surface area contributed by atoms with E-state index in [2.05, 4.69) is 130 Å². The lowest BCUT2D eigenvalue weighted by Crippen LogP contribution is -2.30. The largest absolute Gasteiger partial charge is 0.472 e. The van der Waals surface area contributed by atoms with E-state index in [4.69, 9.17) is 32.3 Å². The lowest BCUT2D eigenvalue weighted by Gasteiger charge is -2.21. The number of hydrogen-bond donors (Lipinski definition) is 4. The van der Waals surface area contributed by atoms with E-state index in [-0.39, 0.29) is 19.3 Å². The van der Waals surface area contributed by atoms with Gasteiger partial charge in [-0.15, -0.1) is 0 Å². The Kier molecular flexibility index (Phi) is 70.7. The van der Waals surface area contributed by atoms with Crippen LogP contribution in [0.2, 0.25) is 0 Å². The molecule has 0 spiro atoms. The number of carbonyl (C=O) groups excluding carboxylic acids is 3. The summed E-state index contributed by atoms with van der Waals surface area (Å²) in [7, 11) is -9.80. The third-order valence-electron chi connectivity index (χ3n) is 16.1. The molecule has 0 bridgehead atoms. The van der Waals surface area contributed by atoms with Crippen LogP contribution in [0.1, 0.15) is 316 Å². The molecular formula is C81H140O16P2. The summed E-state index contributed by atoms with van der Waals surface area (Å²) in [4.78, 5) is 58.4. The standard InChI is InChI=1S/C81H140O16P2/c1-4-7-10-13-16-19-22-25-27-29-30-31-32-33-34-35-36-37-38-39-40-41-42-43-44-46-48-50-52-55-58-61-64-67-79(84)91-70-76(82)71-93-98(87,88)94-72-77(83)73-95-99(89,90)96-75-78(97-81(86)69-66-63-60-57-54-49-24-21-18-15-12-9-6-3)74-92-80(85)68-65-62-59-56-53-51-47-45-28-26-23-20-17-14-11-8-5-2/h8,11,16-17,19-21,24-28,30-31,33-34,47,51,56,59,76-78,82-83H,4-7,9-10,12-15,18,22-23,29,32,35-46,48-50,52-55,57-58,60-75H2,1-3H3,(H,87,88)(H,89,90)/b11-8-,19-16-,20-17-,24-21-,27-25-,28-26-,31-30-,34-33-,51-47-,59-56-. The van der Waals surface area contributed by atoms with Crippen LogP contribution < -0.4 is 0 Å². The molecule has 0 aromatic heterocycles. The Morgan fingerprint density at radius 1 is 0.293 bits per heavy atom. The Morgan fingerprint density at radius 2 is 0.545 bits per heavy atom. The number of aliphatic hydroxyl groups excluding tert-OH is 2. The molecule has 5 unspecified atom stereocenters. The minimum atomic E-state index is -4.94. The van der Waals surface area contributed by atoms with Crippen molar-refractivity contribution in [2.75, 3.05) is 39.6 Å². The van der Waals surface area contributed by atoms with Gasteiger partial charge < -0.3 is 34.2 Å². The van der Waals surface area contributed by atoms with E-state index < -0.39 is 91.5 Å². The molecule has 0 aromatic carbocycles. The minimum absolute atomic E-state index is 0.0807. The summed E-state index contributed by atoms with van der Waals surface area (Å²) in [5.41, 5.74) is 0. The zero-order chi connectivity index (χ0) is 72.3. The average molecular weight is 1430 g/mol. The number of phosphoric ester groups is 2. The van der Waals surface area contributed by atoms with E-state index in [1.807, 2.05) is 12.2 Å². The molecule has 0 aliphatic carbocycles. The van der Waals surface area contributed by atoms with Gasteiger partial charge in [-0.05, 0) is 128 Å². The van der Waals surface area contributed by atoms with Gasteiger partial charge in [0.25, 0.3) is 0 Å². The molecule has 5 atom stereocenters. The first-order valence-electron chi connectivity index (χ1n) is 38.8. The molecule has 0 aliphatic heterocycles. The SMILES string of the molecule is CC/C=C\C/C=C\C/C=C\C/C=C\C/C=C\CCCC(=O)OCC(COP(=O)(O)OCC(O)COP(=O)(O)OCC(O)COC(=O)CCCCCCCCCCCCCCCCCCC/C=C\C/C=C\C/C=C\C/C=C\CCCCC)OC(=O)CCCCCCC/C=C\CCCCCC. The molecule has 0 aromatic rings. The topological polar surface area (TPSA) is 231 Å². The first-order valence-corrected chi connectivity index (χ1v) is 41.8. The number of unbranched alkanes of at least 4 members (excludes halogenated alkanes) is 30. The Morgan fingerprint density at radius 3 is 0.919 bits per heavy atom. The zero-order valence-corrected chi connectivity index (χ0v) is 63.9. The molecule has 0 radical (unpaired) electrons. The molecule has 570 valence electrons. The van der Waals surface area contributed by atoms with Crippen LogP contribution in [-0.2, 0) is 55.8 Å². The maximum absolute atomic E-state index is 12.9. The Labute approximate surface area is 602 Å². The first-order chi connectivity index (χ1) is 48.2. The van der Waals surface area contributed by atoms with Crippen molar-refractivity contribution >= 4 is 33.6 Å². The van der Waals surface area contributed by atoms with Crippen LogP contribution in [0, 0.1) is 0 Å². The molecule has 16 nitrogen and oxygen atoms in total. The van der Waals surface area contributed by atoms with Gasteiger partial charge in [-0.25, -0.2) is 9.13 Å². The van der Waals surface area contributed by atoms with Crippen LogP contribution >= 0.6 is 15.6 Å². The van der Waals surface area contributed by atoms with E-state index >= 15 is 0 Å². The summed E-state index contributed by atoms with van der Waals surface area (Å²) in [5.74, 6) is -1.65. The predicted molar refractivity (Wildman–Crippen MR) is 408 cm³/mol. The molecule has 0 heterocycles. The third-order valence-corrected chi connectivity index (χ3v) is 18.0. The number of phosphoric acid groups is 2. The summed E-state index contributed by atoms with van der Waals surface area (Å²) >= 11 is 0. The summed E-state index contributed by atoms with van der Waals surface area (Å²) < 4.78 is 60.9. The first kappa shape index (κ1) is 94.9. The normalized spacial score (nSPS) is 14.7. The number of aliphatic hydroxyl groups is 2. The van der Waals surface area contributed by atoms with Crippen LogP contribution in [-0.4, -0.2) is 95.9 Å². The maximum Gasteiger partial charge on any atom is 0.472 e. The maximum atomic E-state index is 12.9. The monoisotopic (exact) mass is 1430 g/mol. The number of ether oxygens (including phenoxy) is 3. The van der Waals surface area contributed by atoms with Crippen molar-refractivity contribution in [1.82, 2.24) is 0 Å². The number of carbonyl (C=O) groups is 3. The van der Waals surface area contributed by atoms with Crippen molar-refractivity contribution in [2.45, 2.75) is 334 Å². The molecule has 0 aliphatic rings. The van der Waals surface area contributed by atoms with Gasteiger partial charge in [0.2, 0.25) is 0 Å². The van der Waals surface area contributed by atoms with Gasteiger partial charge in [-0.3, -0.25) is 32.5 Å². The van der Waals surface area contributed by atoms with Gasteiger partial charge in [-0.2, -0.15) is 0 Å². The van der Waals surface area contributed by atoms with Crippen molar-refractivity contribution in [1.29, 1.82) is 0 Å². The molecule has 18 heteroatoms. The third kappa shape index (κ3) is 74.9. The van der Waals surface area contributed by atoms with E-state index in [0.29, 0.717) is 25.7 Å². The highest BCUT2D eigenvalue weighted by Crippen LogP contribution is 2.45. The number of allylic oxidation sites excluding steroid dienone is 20. The number of esters is 3. The van der Waals surface area contributed by atoms with Crippen LogP contribution in [0.3, 0.4) is 0 Å². The molecule has 0 saturated heterocycles. The van der Waals surface area contributed by atoms with Gasteiger partial charge in [0.1, 0.15) is 25.4 Å². The van der Waals surface area contributed by atoms with Gasteiger partial charge in [-0.1, -0.05) is 290 Å². The van der Waals surface area contributed by atoms with Gasteiger partial charge >= 0.3 is 33.6 Å². The van der Waals surface area contributed by atoms with Crippen molar-refractivity contribution in [3.05, 3.63) is 122 Å². The Balaban J connectivity index is 4.41. The van der Waals surface area contributed by atoms with E-state index in [1.54, 1.807) is 0 Å². The Bertz CT molecular complexity index is 2290. The van der Waals surface area contributed by atoms with Crippen molar-refractivity contribution < 1.29 is 75.8 Å². The number of rotatable bonds is 73. The Hall–Kier alpha value is -4.05. The average Bonchev–Trinajstić information content (AvgIpc) is 1.05. The smallest absolute Gasteiger partial charge is 0.463 e. The van der Waals surface area contributed by atoms with Crippen LogP contribution in [0.5, 0.6) is 0 Å². The van der Waals surface area contributed by atoms with E-state index in [1.165, 1.54) is 141 Å². The molecule has 4 N–H and O–H groups in total. The highest BCUT2D eigenvalue weighted by molar-refractivity contribution is 7.47. The molecule has 0 rings (SSSR count). The fraction of sp³-hybridized carbons (Fsp3) is 0.716. The highest BCUT2D eigenvalue weighted by Gasteiger charge is 2.29. The second-order valence-corrected chi connectivity index (χ2v) is 28.7. The fourth-order valence-electron chi connectivity index (χ4n) is 10.2. The minimum Gasteiger partial charge on any atom is -0.463 e. The lowest BCUT2D eigenvalue weighted by atomic mass is 10.0. The lowest BCUT2D eigenvalue weighted by molar-refractivity contribution is -0.161. The summed E-state index contributed by atoms with van der Waals surface area (Å²) in [6, 6.07) is 0. The second kappa shape index (κ2) is 73.7. The zero-order valence-electron chi connectivity index (χ0n) is 62.1. The quantitative estimate of drug-likeness (QED) is 0.0146. The van der Waals surface area contributed by atoms with E-state index in [9.17, 15) is 43.5 Å². The summed E-state index contributed by atoms with van der Waals surface area (Å²) in [5, 5.41) is 20.6. The molecule has 99 heavy (non-hydrogen) atoms. The van der Waals surface area contributed by atoms with Gasteiger partial charge in [0.15, 0.2) is 6.10 Å². The van der Waals surface area contributed by atoms with Crippen molar-refractivity contribution in [3.63, 3.8) is 0 Å². The molecular weight excluding hydrogens is 1290 g/mol. The van der Waals surface area contributed by atoms with Crippen molar-refractivity contribution in [3.8, 4) is 0 Å². The molecule has 0 saturated carbocycles. The van der Waals surface area contributed by atoms with Crippen LogP contribution in [0.15, 0.2) is 122 Å². The van der Waals surface area contributed by atoms with Crippen molar-refractivity contribution in [2.24, 2.45) is 0 Å². The predicted octanol–water partition coefficient (Wildman–Crippen LogP) is 22.5. The molecule has 0 amide bonds. The van der Waals surface area contributed by atoms with E-state index in [0.717, 1.165) is 109 Å².